The lowest BCUT2D eigenvalue weighted by Crippen LogP contribution is -2.13. The number of carbonyl (C=O) groups excluding carboxylic acids is 2. The van der Waals surface area contributed by atoms with Crippen LogP contribution >= 0.6 is 0 Å². The number of fused-ring (bicyclic) bond motifs is 1. The predicted octanol–water partition coefficient (Wildman–Crippen LogP) is 4.54. The highest BCUT2D eigenvalue weighted by Crippen LogP contribution is 2.28. The molecule has 2 aromatic carbocycles. The standard InChI is InChI=1S/C25H24N6O4/c1-2-3-4-5-9-21(32)27-19-8-6-7-16-13-20(28-22(16)19)24(33)29-18-11-10-15(14-26)12-17(18)23-30-25(34)35-31-23/h6-8,10-13,28H,2-5,9H2,1H3,(H,27,32)(H,29,33)(H,30,31,34). The van der Waals surface area contributed by atoms with E-state index in [0.29, 0.717) is 34.4 Å². The lowest BCUT2D eigenvalue weighted by atomic mass is 10.1. The Bertz CT molecular complexity index is 1470. The number of rotatable bonds is 9. The van der Waals surface area contributed by atoms with Crippen LogP contribution in [0.5, 0.6) is 0 Å². The summed E-state index contributed by atoms with van der Waals surface area (Å²) in [5, 5.41) is 19.3. The monoisotopic (exact) mass is 472 g/mol. The van der Waals surface area contributed by atoms with Gasteiger partial charge in [0.05, 0.1) is 28.5 Å². The van der Waals surface area contributed by atoms with Crippen LogP contribution in [0.1, 0.15) is 55.1 Å². The molecule has 0 spiro atoms. The molecule has 0 aliphatic carbocycles. The maximum atomic E-state index is 13.1. The molecule has 2 amide bonds. The predicted molar refractivity (Wildman–Crippen MR) is 131 cm³/mol. The Hall–Kier alpha value is -4.65. The fraction of sp³-hybridized carbons (Fsp3) is 0.240. The first kappa shape index (κ1) is 23.5. The third-order valence-electron chi connectivity index (χ3n) is 5.52. The zero-order valence-electron chi connectivity index (χ0n) is 19.1. The van der Waals surface area contributed by atoms with E-state index in [1.165, 1.54) is 12.1 Å². The minimum Gasteiger partial charge on any atom is -0.349 e. The van der Waals surface area contributed by atoms with Crippen LogP contribution in [0.15, 0.2) is 51.8 Å². The normalized spacial score (nSPS) is 10.7. The van der Waals surface area contributed by atoms with E-state index >= 15 is 0 Å². The maximum absolute atomic E-state index is 13.1. The van der Waals surface area contributed by atoms with Gasteiger partial charge in [0.1, 0.15) is 5.69 Å². The molecule has 0 saturated carbocycles. The van der Waals surface area contributed by atoms with Gasteiger partial charge in [-0.1, -0.05) is 43.5 Å². The van der Waals surface area contributed by atoms with Gasteiger partial charge in [0.2, 0.25) is 5.91 Å². The first-order chi connectivity index (χ1) is 17.0. The summed E-state index contributed by atoms with van der Waals surface area (Å²) in [6.45, 7) is 2.12. The molecule has 0 atom stereocenters. The molecule has 10 heteroatoms. The summed E-state index contributed by atoms with van der Waals surface area (Å²) >= 11 is 0. The van der Waals surface area contributed by atoms with Crippen molar-refractivity contribution in [1.29, 1.82) is 5.26 Å². The van der Waals surface area contributed by atoms with Crippen molar-refractivity contribution in [3.05, 3.63) is 64.3 Å². The minimum atomic E-state index is -0.754. The van der Waals surface area contributed by atoms with Crippen molar-refractivity contribution in [3.8, 4) is 17.5 Å². The number of anilines is 2. The van der Waals surface area contributed by atoms with Gasteiger partial charge in [-0.15, -0.1) is 0 Å². The largest absolute Gasteiger partial charge is 0.439 e. The number of hydrogen-bond acceptors (Lipinski definition) is 6. The molecule has 4 aromatic rings. The number of carbonyl (C=O) groups is 2. The Morgan fingerprint density at radius 2 is 1.91 bits per heavy atom. The first-order valence-electron chi connectivity index (χ1n) is 11.3. The Labute approximate surface area is 200 Å². The summed E-state index contributed by atoms with van der Waals surface area (Å²) in [4.78, 5) is 42.3. The molecule has 0 fully saturated rings. The van der Waals surface area contributed by atoms with E-state index < -0.39 is 11.7 Å². The summed E-state index contributed by atoms with van der Waals surface area (Å²) in [5.74, 6) is -1.19. The number of benzene rings is 2. The Morgan fingerprint density at radius 3 is 2.66 bits per heavy atom. The van der Waals surface area contributed by atoms with Gasteiger partial charge >= 0.3 is 5.76 Å². The van der Waals surface area contributed by atoms with Crippen LogP contribution in [0.3, 0.4) is 0 Å². The number of nitriles is 1. The van der Waals surface area contributed by atoms with Crippen LogP contribution in [-0.4, -0.2) is 26.9 Å². The number of amides is 2. The number of hydrogen-bond donors (Lipinski definition) is 4. The third kappa shape index (κ3) is 5.47. The molecule has 0 aliphatic heterocycles. The second-order valence-electron chi connectivity index (χ2n) is 8.08. The van der Waals surface area contributed by atoms with Gasteiger partial charge in [-0.3, -0.25) is 19.1 Å². The van der Waals surface area contributed by atoms with Crippen LogP contribution in [0, 0.1) is 11.3 Å². The topological polar surface area (TPSA) is 157 Å². The van der Waals surface area contributed by atoms with E-state index in [0.717, 1.165) is 31.1 Å². The first-order valence-corrected chi connectivity index (χ1v) is 11.3. The summed E-state index contributed by atoms with van der Waals surface area (Å²) in [6.07, 6.45) is 4.49. The van der Waals surface area contributed by atoms with Crippen molar-refractivity contribution in [1.82, 2.24) is 15.1 Å². The van der Waals surface area contributed by atoms with Crippen molar-refractivity contribution in [3.63, 3.8) is 0 Å². The zero-order chi connectivity index (χ0) is 24.8. The molecule has 2 aromatic heterocycles. The van der Waals surface area contributed by atoms with E-state index in [1.807, 2.05) is 18.2 Å². The van der Waals surface area contributed by atoms with Gasteiger partial charge in [0, 0.05) is 17.4 Å². The van der Waals surface area contributed by atoms with Crippen LogP contribution in [0.4, 0.5) is 11.4 Å². The number of nitrogens with one attached hydrogen (secondary N) is 4. The lowest BCUT2D eigenvalue weighted by Gasteiger charge is -2.09. The fourth-order valence-corrected chi connectivity index (χ4v) is 3.76. The van der Waals surface area contributed by atoms with Crippen LogP contribution in [0.25, 0.3) is 22.3 Å². The molecule has 4 rings (SSSR count). The number of unbranched alkanes of at least 4 members (excludes halogenated alkanes) is 3. The van der Waals surface area contributed by atoms with Crippen LogP contribution in [-0.2, 0) is 4.79 Å². The summed E-state index contributed by atoms with van der Waals surface area (Å²) in [5.41, 5.74) is 2.49. The van der Waals surface area contributed by atoms with E-state index in [4.69, 9.17) is 0 Å². The highest BCUT2D eigenvalue weighted by molar-refractivity contribution is 6.09. The molecular formula is C25H24N6O4. The SMILES string of the molecule is CCCCCCC(=O)Nc1cccc2cc(C(=O)Nc3ccc(C#N)cc3-c3noc(=O)[nH]3)[nH]c12. The van der Waals surface area contributed by atoms with Crippen molar-refractivity contribution in [2.45, 2.75) is 39.0 Å². The Morgan fingerprint density at radius 1 is 1.06 bits per heavy atom. The molecule has 10 nitrogen and oxygen atoms in total. The number of nitrogens with zero attached hydrogens (tertiary/aromatic N) is 2. The number of aromatic amines is 2. The van der Waals surface area contributed by atoms with Gasteiger partial charge in [0.25, 0.3) is 5.91 Å². The second-order valence-corrected chi connectivity index (χ2v) is 8.08. The highest BCUT2D eigenvalue weighted by Gasteiger charge is 2.17. The smallest absolute Gasteiger partial charge is 0.349 e. The average Bonchev–Trinajstić information content (AvgIpc) is 3.49. The van der Waals surface area contributed by atoms with E-state index in [2.05, 4.69) is 37.2 Å². The zero-order valence-corrected chi connectivity index (χ0v) is 19.1. The summed E-state index contributed by atoms with van der Waals surface area (Å²) in [7, 11) is 0. The molecule has 2 heterocycles. The second kappa shape index (κ2) is 10.5. The van der Waals surface area contributed by atoms with Crippen LogP contribution < -0.4 is 16.4 Å². The Balaban J connectivity index is 1.56. The quantitative estimate of drug-likeness (QED) is 0.262. The molecule has 0 radical (unpaired) electrons. The fourth-order valence-electron chi connectivity index (χ4n) is 3.76. The lowest BCUT2D eigenvalue weighted by molar-refractivity contribution is -0.116. The maximum Gasteiger partial charge on any atom is 0.439 e. The van der Waals surface area contributed by atoms with Crippen molar-refractivity contribution in [2.24, 2.45) is 0 Å². The minimum absolute atomic E-state index is 0.0713. The number of para-hydroxylation sites is 1. The van der Waals surface area contributed by atoms with E-state index in [-0.39, 0.29) is 17.4 Å². The van der Waals surface area contributed by atoms with Gasteiger partial charge in [-0.25, -0.2) is 4.79 Å². The summed E-state index contributed by atoms with van der Waals surface area (Å²) < 4.78 is 4.56. The average molecular weight is 473 g/mol. The van der Waals surface area contributed by atoms with Gasteiger partial charge in [-0.05, 0) is 36.8 Å². The highest BCUT2D eigenvalue weighted by atomic mass is 16.5. The number of H-pyrrole nitrogens is 2. The molecule has 178 valence electrons. The molecule has 0 aliphatic rings. The Kier molecular flexibility index (Phi) is 7.07. The van der Waals surface area contributed by atoms with Gasteiger partial charge < -0.3 is 15.6 Å². The van der Waals surface area contributed by atoms with Crippen LogP contribution in [0.2, 0.25) is 0 Å². The molecule has 0 unspecified atom stereocenters. The van der Waals surface area contributed by atoms with Gasteiger partial charge in [-0.2, -0.15) is 5.26 Å². The molecule has 4 N–H and O–H groups in total. The number of aromatic nitrogens is 3. The van der Waals surface area contributed by atoms with Crippen molar-refractivity contribution < 1.29 is 14.1 Å². The third-order valence-corrected chi connectivity index (χ3v) is 5.52. The molecule has 35 heavy (non-hydrogen) atoms. The van der Waals surface area contributed by atoms with Crippen molar-refractivity contribution in [2.75, 3.05) is 10.6 Å². The summed E-state index contributed by atoms with van der Waals surface area (Å²) in [6, 6.07) is 13.7. The van der Waals surface area contributed by atoms with Gasteiger partial charge in [0.15, 0.2) is 5.82 Å². The van der Waals surface area contributed by atoms with E-state index in [1.54, 1.807) is 18.2 Å². The molecule has 0 saturated heterocycles. The van der Waals surface area contributed by atoms with E-state index in [9.17, 15) is 19.6 Å². The molecular weight excluding hydrogens is 448 g/mol. The van der Waals surface area contributed by atoms with Crippen molar-refractivity contribution >= 4 is 34.1 Å². The molecule has 0 bridgehead atoms.